The third kappa shape index (κ3) is 7.36. The van der Waals surface area contributed by atoms with Gasteiger partial charge in [-0.3, -0.25) is 13.9 Å². The van der Waals surface area contributed by atoms with E-state index in [0.717, 1.165) is 28.6 Å². The molecule has 1 N–H and O–H groups in total. The highest BCUT2D eigenvalue weighted by Gasteiger charge is 2.42. The van der Waals surface area contributed by atoms with E-state index in [0.29, 0.717) is 16.8 Å². The lowest BCUT2D eigenvalue weighted by atomic mass is 10.0. The molecule has 0 saturated heterocycles. The number of amides is 1. The lowest BCUT2D eigenvalue weighted by molar-refractivity contribution is -0.140. The number of rotatable bonds is 10. The maximum Gasteiger partial charge on any atom is 0.416 e. The zero-order valence-electron chi connectivity index (χ0n) is 24.7. The first-order valence-corrected chi connectivity index (χ1v) is 16.0. The van der Waals surface area contributed by atoms with Crippen molar-refractivity contribution in [3.63, 3.8) is 0 Å². The summed E-state index contributed by atoms with van der Waals surface area (Å²) in [5.74, 6) is -1.94. The Labute approximate surface area is 272 Å². The van der Waals surface area contributed by atoms with Gasteiger partial charge in [-0.15, -0.1) is 0 Å². The van der Waals surface area contributed by atoms with Crippen molar-refractivity contribution in [1.29, 1.82) is 0 Å². The fourth-order valence-corrected chi connectivity index (χ4v) is 7.04. The van der Waals surface area contributed by atoms with Crippen LogP contribution in [0.5, 0.6) is 5.75 Å². The van der Waals surface area contributed by atoms with E-state index in [2.05, 4.69) is 10.1 Å². The smallest absolute Gasteiger partial charge is 0.416 e. The van der Waals surface area contributed by atoms with Crippen LogP contribution in [0.1, 0.15) is 16.7 Å². The van der Waals surface area contributed by atoms with Gasteiger partial charge in [-0.1, -0.05) is 48.0 Å². The molecule has 1 atom stereocenters. The monoisotopic (exact) mass is 690 g/mol. The molecule has 1 aliphatic rings. The second-order valence-electron chi connectivity index (χ2n) is 10.5. The lowest BCUT2D eigenvalue weighted by Crippen LogP contribution is -2.48. The molecule has 0 aliphatic carbocycles. The summed E-state index contributed by atoms with van der Waals surface area (Å²) in [6, 6.07) is 17.5. The third-order valence-electron chi connectivity index (χ3n) is 7.48. The van der Waals surface area contributed by atoms with Crippen LogP contribution in [0.2, 0.25) is 5.02 Å². The average Bonchev–Trinajstić information content (AvgIpc) is 3.44. The predicted octanol–water partition coefficient (Wildman–Crippen LogP) is 6.20. The lowest BCUT2D eigenvalue weighted by Gasteiger charge is -2.26. The van der Waals surface area contributed by atoms with Gasteiger partial charge in [0.15, 0.2) is 11.6 Å². The van der Waals surface area contributed by atoms with E-state index in [1.165, 1.54) is 43.5 Å². The van der Waals surface area contributed by atoms with E-state index >= 15 is 0 Å². The van der Waals surface area contributed by atoms with Gasteiger partial charge in [0.05, 0.1) is 36.2 Å². The second kappa shape index (κ2) is 13.6. The normalized spacial score (nSPS) is 14.4. The van der Waals surface area contributed by atoms with E-state index in [1.54, 1.807) is 24.3 Å². The van der Waals surface area contributed by atoms with Crippen LogP contribution in [0.3, 0.4) is 0 Å². The Morgan fingerprint density at radius 2 is 1.72 bits per heavy atom. The van der Waals surface area contributed by atoms with Gasteiger partial charge in [0, 0.05) is 17.0 Å². The molecule has 14 heteroatoms. The summed E-state index contributed by atoms with van der Waals surface area (Å²) in [6.45, 7) is -0.208. The number of para-hydroxylation sites is 1. The van der Waals surface area contributed by atoms with Gasteiger partial charge in [0.1, 0.15) is 12.6 Å². The number of carbonyl (C=O) groups excluding carboxylic acids is 2. The highest BCUT2D eigenvalue weighted by molar-refractivity contribution is 7.93. The number of benzene rings is 4. The number of sulfonamides is 1. The van der Waals surface area contributed by atoms with E-state index in [9.17, 15) is 35.6 Å². The zero-order valence-corrected chi connectivity index (χ0v) is 26.3. The molecule has 0 bridgehead atoms. The number of fused-ring (bicyclic) bond motifs is 1. The Morgan fingerprint density at radius 3 is 2.40 bits per heavy atom. The van der Waals surface area contributed by atoms with Crippen molar-refractivity contribution in [1.82, 2.24) is 5.32 Å². The third-order valence-corrected chi connectivity index (χ3v) is 9.64. The van der Waals surface area contributed by atoms with Gasteiger partial charge in [0.25, 0.3) is 10.0 Å². The van der Waals surface area contributed by atoms with Crippen molar-refractivity contribution in [2.75, 3.05) is 24.6 Å². The van der Waals surface area contributed by atoms with Crippen LogP contribution >= 0.6 is 11.6 Å². The first-order chi connectivity index (χ1) is 22.3. The van der Waals surface area contributed by atoms with Gasteiger partial charge >= 0.3 is 12.1 Å². The molecule has 5 rings (SSSR count). The molecule has 4 aromatic carbocycles. The molecule has 0 spiro atoms. The Bertz CT molecular complexity index is 1920. The van der Waals surface area contributed by atoms with Crippen LogP contribution in [0.15, 0.2) is 89.8 Å². The molecule has 0 unspecified atom stereocenters. The molecule has 0 radical (unpaired) electrons. The van der Waals surface area contributed by atoms with Crippen molar-refractivity contribution >= 4 is 39.2 Å². The molecule has 8 nitrogen and oxygen atoms in total. The molecule has 0 saturated carbocycles. The summed E-state index contributed by atoms with van der Waals surface area (Å²) >= 11 is 6.17. The minimum absolute atomic E-state index is 0.0566. The molecule has 246 valence electrons. The number of esters is 1. The number of ether oxygens (including phenoxy) is 2. The fraction of sp³-hybridized carbons (Fsp3) is 0.212. The second-order valence-corrected chi connectivity index (χ2v) is 12.7. The molecular formula is C33H27ClF4N2O6S. The average molecular weight is 691 g/mol. The number of hydrogen-bond acceptors (Lipinski definition) is 6. The van der Waals surface area contributed by atoms with Crippen molar-refractivity contribution in [2.45, 2.75) is 30.0 Å². The quantitative estimate of drug-likeness (QED) is 0.121. The first-order valence-electron chi connectivity index (χ1n) is 14.1. The summed E-state index contributed by atoms with van der Waals surface area (Å²) in [4.78, 5) is 24.6. The number of methoxy groups -OCH3 is 1. The van der Waals surface area contributed by atoms with Crippen LogP contribution < -0.4 is 14.4 Å². The predicted molar refractivity (Wildman–Crippen MR) is 166 cm³/mol. The molecule has 1 amide bonds. The summed E-state index contributed by atoms with van der Waals surface area (Å²) in [5.41, 5.74) is 0.766. The van der Waals surface area contributed by atoms with Crippen molar-refractivity contribution in [3.05, 3.63) is 112 Å². The van der Waals surface area contributed by atoms with Crippen LogP contribution in [0.4, 0.5) is 23.2 Å². The van der Waals surface area contributed by atoms with Gasteiger partial charge in [-0.2, -0.15) is 13.2 Å². The number of halogens is 5. The van der Waals surface area contributed by atoms with Crippen molar-refractivity contribution in [3.8, 4) is 16.9 Å². The highest BCUT2D eigenvalue weighted by atomic mass is 35.5. The first kappa shape index (κ1) is 33.7. The van der Waals surface area contributed by atoms with Gasteiger partial charge in [0.2, 0.25) is 5.91 Å². The fourth-order valence-electron chi connectivity index (χ4n) is 5.16. The Balaban J connectivity index is 1.30. The molecule has 1 aliphatic heterocycles. The van der Waals surface area contributed by atoms with Crippen LogP contribution in [0, 0.1) is 5.82 Å². The van der Waals surface area contributed by atoms with Crippen LogP contribution in [-0.4, -0.2) is 46.6 Å². The summed E-state index contributed by atoms with van der Waals surface area (Å²) in [7, 11) is -3.11. The van der Waals surface area contributed by atoms with E-state index in [1.807, 2.05) is 0 Å². The number of carbonyl (C=O) groups is 2. The van der Waals surface area contributed by atoms with Crippen molar-refractivity contribution in [2.24, 2.45) is 0 Å². The van der Waals surface area contributed by atoms with Crippen LogP contribution in [-0.2, 0) is 43.4 Å². The maximum absolute atomic E-state index is 14.4. The summed E-state index contributed by atoms with van der Waals surface area (Å²) in [6.07, 6.45) is -4.63. The maximum atomic E-state index is 14.4. The van der Waals surface area contributed by atoms with Gasteiger partial charge < -0.3 is 14.8 Å². The van der Waals surface area contributed by atoms with E-state index in [4.69, 9.17) is 16.3 Å². The molecule has 47 heavy (non-hydrogen) atoms. The minimum Gasteiger partial charge on any atom is -0.489 e. The SMILES string of the molecule is COC(=O)Cc1ccc(OCCNC(=O)[C@@H]2Cc3ccccc3N2S(=O)(=O)c2ccc(-c3cc(C(F)(F)F)ccc3Cl)cc2)c(F)c1. The Hall–Kier alpha value is -4.62. The van der Waals surface area contributed by atoms with Gasteiger partial charge in [-0.05, 0) is 65.2 Å². The number of alkyl halides is 3. The molecule has 4 aromatic rings. The number of anilines is 1. The number of nitrogens with one attached hydrogen (secondary N) is 1. The largest absolute Gasteiger partial charge is 0.489 e. The summed E-state index contributed by atoms with van der Waals surface area (Å²) in [5, 5.41) is 2.70. The minimum atomic E-state index is -4.60. The topological polar surface area (TPSA) is 102 Å². The molecular weight excluding hydrogens is 664 g/mol. The van der Waals surface area contributed by atoms with E-state index < -0.39 is 45.5 Å². The van der Waals surface area contributed by atoms with Gasteiger partial charge in [-0.25, -0.2) is 12.8 Å². The Kier molecular flexibility index (Phi) is 9.78. The standard InChI is InChI=1S/C33H27ClF4N2O6S/c1-45-31(41)17-20-6-13-30(27(35)16-20)46-15-14-39-32(42)29-18-22-4-2-3-5-28(22)40(29)47(43,44)24-10-7-21(8-11-24)25-19-23(33(36,37)38)9-12-26(25)34/h2-13,16,19,29H,14-15,17-18H2,1H3,(H,39,42)/t29-/m0/s1. The number of hydrogen-bond donors (Lipinski definition) is 1. The van der Waals surface area contributed by atoms with Crippen LogP contribution in [0.25, 0.3) is 11.1 Å². The zero-order chi connectivity index (χ0) is 33.9. The molecule has 1 heterocycles. The molecule has 0 aromatic heterocycles. The van der Waals surface area contributed by atoms with Crippen molar-refractivity contribution < 1.29 is 45.0 Å². The number of nitrogens with zero attached hydrogens (tertiary/aromatic N) is 1. The Morgan fingerprint density at radius 1 is 1.00 bits per heavy atom. The highest BCUT2D eigenvalue weighted by Crippen LogP contribution is 2.39. The summed E-state index contributed by atoms with van der Waals surface area (Å²) < 4.78 is 93.2. The molecule has 0 fully saturated rings. The van der Waals surface area contributed by atoms with E-state index in [-0.39, 0.29) is 52.8 Å².